The molecule has 5 atom stereocenters. The van der Waals surface area contributed by atoms with Crippen molar-refractivity contribution >= 4 is 45.6 Å². The summed E-state index contributed by atoms with van der Waals surface area (Å²) in [6, 6.07) is 16.2. The highest BCUT2D eigenvalue weighted by Crippen LogP contribution is 2.50. The van der Waals surface area contributed by atoms with E-state index in [-0.39, 0.29) is 19.4 Å². The minimum Gasteiger partial charge on any atom is -0.444 e. The fraction of sp³-hybridized carbons (Fsp3) is 0.512. The number of thioether (sulfide) groups is 1. The number of amides is 4. The minimum absolute atomic E-state index is 0.166. The highest BCUT2D eigenvalue weighted by atomic mass is 32.2. The summed E-state index contributed by atoms with van der Waals surface area (Å²) in [6.07, 6.45) is 10.2. The van der Waals surface area contributed by atoms with E-state index in [2.05, 4.69) is 34.1 Å². The van der Waals surface area contributed by atoms with E-state index in [9.17, 15) is 27.6 Å². The first-order valence-electron chi connectivity index (χ1n) is 18.9. The molecular weight excluding hydrogens is 725 g/mol. The Morgan fingerprint density at radius 3 is 2.30 bits per heavy atom. The van der Waals surface area contributed by atoms with Crippen LogP contribution in [-0.4, -0.2) is 77.9 Å². The highest BCUT2D eigenvalue weighted by molar-refractivity contribution is 8.00. The molecule has 54 heavy (non-hydrogen) atoms. The number of benzene rings is 2. The first-order valence-corrected chi connectivity index (χ1v) is 21.5. The van der Waals surface area contributed by atoms with Crippen LogP contribution in [0.15, 0.2) is 79.4 Å². The van der Waals surface area contributed by atoms with Crippen molar-refractivity contribution in [3.63, 3.8) is 0 Å². The van der Waals surface area contributed by atoms with E-state index >= 15 is 0 Å². The quantitative estimate of drug-likeness (QED) is 0.264. The molecule has 11 nitrogen and oxygen atoms in total. The van der Waals surface area contributed by atoms with Gasteiger partial charge < -0.3 is 20.3 Å². The van der Waals surface area contributed by atoms with Gasteiger partial charge in [0.25, 0.3) is 5.91 Å². The lowest BCUT2D eigenvalue weighted by Gasteiger charge is -2.32. The molecule has 4 amide bonds. The minimum atomic E-state index is -3.88. The van der Waals surface area contributed by atoms with Crippen molar-refractivity contribution in [1.29, 1.82) is 0 Å². The van der Waals surface area contributed by atoms with Crippen LogP contribution in [0.25, 0.3) is 11.1 Å². The normalized spacial score (nSPS) is 28.2. The van der Waals surface area contributed by atoms with E-state index in [4.69, 9.17) is 4.74 Å². The zero-order valence-corrected chi connectivity index (χ0v) is 33.0. The largest absolute Gasteiger partial charge is 0.444 e. The van der Waals surface area contributed by atoms with E-state index in [0.717, 1.165) is 36.0 Å². The van der Waals surface area contributed by atoms with Crippen LogP contribution in [0.5, 0.6) is 0 Å². The van der Waals surface area contributed by atoms with Crippen molar-refractivity contribution in [2.24, 2.45) is 5.92 Å². The number of fused-ring (bicyclic) bond motifs is 2. The Labute approximate surface area is 323 Å². The number of rotatable bonds is 9. The summed E-state index contributed by atoms with van der Waals surface area (Å²) in [5.41, 5.74) is 0.731. The predicted octanol–water partition coefficient (Wildman–Crippen LogP) is 5.97. The highest BCUT2D eigenvalue weighted by Gasteiger charge is 2.62. The Bertz CT molecular complexity index is 1870. The van der Waals surface area contributed by atoms with Gasteiger partial charge in [0.15, 0.2) is 0 Å². The van der Waals surface area contributed by atoms with Crippen LogP contribution in [-0.2, 0) is 33.9 Å². The van der Waals surface area contributed by atoms with Gasteiger partial charge in [-0.05, 0) is 82.4 Å². The van der Waals surface area contributed by atoms with Gasteiger partial charge in [0.1, 0.15) is 23.2 Å². The summed E-state index contributed by atoms with van der Waals surface area (Å²) >= 11 is 1.65. The van der Waals surface area contributed by atoms with E-state index in [1.54, 1.807) is 43.5 Å². The summed E-state index contributed by atoms with van der Waals surface area (Å²) in [6.45, 7) is 9.25. The van der Waals surface area contributed by atoms with Crippen LogP contribution in [0.3, 0.4) is 0 Å². The van der Waals surface area contributed by atoms with Crippen LogP contribution in [0.4, 0.5) is 4.79 Å². The van der Waals surface area contributed by atoms with Crippen LogP contribution in [0, 0.1) is 5.92 Å². The summed E-state index contributed by atoms with van der Waals surface area (Å²) in [7, 11) is -3.88. The van der Waals surface area contributed by atoms with Crippen LogP contribution in [0.1, 0.15) is 84.1 Å². The third-order valence-corrected chi connectivity index (χ3v) is 13.9. The molecule has 2 bridgehead atoms. The van der Waals surface area contributed by atoms with Crippen LogP contribution in [0.2, 0.25) is 0 Å². The lowest BCUT2D eigenvalue weighted by atomic mass is 9.93. The zero-order valence-electron chi connectivity index (χ0n) is 31.3. The van der Waals surface area contributed by atoms with Crippen molar-refractivity contribution in [3.05, 3.63) is 85.0 Å². The first-order chi connectivity index (χ1) is 25.7. The topological polar surface area (TPSA) is 151 Å². The number of nitrogens with zero attached hydrogens (tertiary/aromatic N) is 1. The van der Waals surface area contributed by atoms with E-state index < -0.39 is 73.0 Å². The fourth-order valence-electron chi connectivity index (χ4n) is 7.44. The van der Waals surface area contributed by atoms with Crippen LogP contribution >= 0.6 is 11.8 Å². The summed E-state index contributed by atoms with van der Waals surface area (Å²) < 4.78 is 32.6. The van der Waals surface area contributed by atoms with Gasteiger partial charge in [0, 0.05) is 18.2 Å². The molecule has 2 aliphatic carbocycles. The van der Waals surface area contributed by atoms with E-state index in [0.29, 0.717) is 31.4 Å². The molecule has 2 heterocycles. The van der Waals surface area contributed by atoms with Crippen molar-refractivity contribution < 1.29 is 32.3 Å². The standard InChI is InChI=1S/C41H52N4O7S2/c1-5-30-25-41(30,37(48)44-54(50,51)32-22-23-32)43-35(46)34-26-40(31-20-18-29(19-21-31)28-15-11-10-12-16-28)27-45(34)36(47)33(42-38(49)52-39(2,3)4)17-13-8-6-7-9-14-24-53-40/h5,9-12,14-16,18-21,30,32-34H,1,6-8,13,17,22-27H2,2-4H3,(H,42,49)(H,43,46)(H,44,48)/b14-9+/t30-,33+,34+,40+,41-/m1/s1. The summed E-state index contributed by atoms with van der Waals surface area (Å²) in [5, 5.41) is 5.10. The van der Waals surface area contributed by atoms with Crippen molar-refractivity contribution in [2.45, 2.75) is 112 Å². The zero-order chi connectivity index (χ0) is 38.7. The van der Waals surface area contributed by atoms with Crippen molar-refractivity contribution in [3.8, 4) is 11.1 Å². The maximum Gasteiger partial charge on any atom is 0.408 e. The van der Waals surface area contributed by atoms with Gasteiger partial charge >= 0.3 is 6.09 Å². The number of carbonyl (C=O) groups is 4. The Balaban J connectivity index is 1.36. The summed E-state index contributed by atoms with van der Waals surface area (Å²) in [5.74, 6) is -1.62. The van der Waals surface area contributed by atoms with Gasteiger partial charge in [-0.15, -0.1) is 18.3 Å². The van der Waals surface area contributed by atoms with E-state index in [1.165, 1.54) is 0 Å². The molecule has 6 rings (SSSR count). The maximum absolute atomic E-state index is 14.8. The molecule has 0 unspecified atom stereocenters. The van der Waals surface area contributed by atoms with Gasteiger partial charge in [0.2, 0.25) is 21.8 Å². The predicted molar refractivity (Wildman–Crippen MR) is 211 cm³/mol. The molecule has 0 radical (unpaired) electrons. The van der Waals surface area contributed by atoms with E-state index in [1.807, 2.05) is 54.6 Å². The number of alkyl carbamates (subject to hydrolysis) is 1. The molecule has 0 aromatic heterocycles. The molecule has 2 aliphatic heterocycles. The maximum atomic E-state index is 14.8. The molecule has 2 aromatic carbocycles. The molecule has 3 N–H and O–H groups in total. The van der Waals surface area contributed by atoms with Gasteiger partial charge in [-0.2, -0.15) is 0 Å². The van der Waals surface area contributed by atoms with Crippen molar-refractivity contribution in [1.82, 2.24) is 20.3 Å². The number of nitrogens with one attached hydrogen (secondary N) is 3. The Morgan fingerprint density at radius 2 is 1.65 bits per heavy atom. The molecule has 1 saturated heterocycles. The molecule has 2 saturated carbocycles. The lowest BCUT2D eigenvalue weighted by molar-refractivity contribution is -0.141. The Hall–Kier alpha value is -4.10. The number of carbonyl (C=O) groups excluding carboxylic acids is 4. The van der Waals surface area contributed by atoms with Gasteiger partial charge in [-0.25, -0.2) is 13.2 Å². The SMILES string of the molecule is C=C[C@@H]1C[C@]1(NC(=O)[C@@H]1C[C@@]2(c3ccc(-c4ccccc4)cc3)CN1C(=O)[C@@H](NC(=O)OC(C)(C)C)CCCCC/C=C/CS2)C(=O)NS(=O)(=O)C1CC1. The number of hydrogen-bond acceptors (Lipinski definition) is 8. The summed E-state index contributed by atoms with van der Waals surface area (Å²) in [4.78, 5) is 57.7. The molecule has 0 spiro atoms. The number of hydrogen-bond donors (Lipinski definition) is 3. The molecule has 2 aromatic rings. The molecule has 13 heteroatoms. The average molecular weight is 777 g/mol. The second-order valence-corrected chi connectivity index (χ2v) is 19.3. The third-order valence-electron chi connectivity index (χ3n) is 10.7. The molecule has 290 valence electrons. The second kappa shape index (κ2) is 15.9. The fourth-order valence-corrected chi connectivity index (χ4v) is 10.2. The Kier molecular flexibility index (Phi) is 11.7. The van der Waals surface area contributed by atoms with Gasteiger partial charge in [-0.1, -0.05) is 85.7 Å². The monoisotopic (exact) mass is 776 g/mol. The molecular formula is C41H52N4O7S2. The second-order valence-electron chi connectivity index (χ2n) is 15.9. The number of ether oxygens (including phenoxy) is 1. The van der Waals surface area contributed by atoms with Gasteiger partial charge in [0.05, 0.1) is 10.00 Å². The smallest absolute Gasteiger partial charge is 0.408 e. The number of allylic oxidation sites excluding steroid dienone is 1. The molecule has 3 fully saturated rings. The Morgan fingerprint density at radius 1 is 0.944 bits per heavy atom. The average Bonchev–Trinajstić information content (AvgIpc) is 4.06. The van der Waals surface area contributed by atoms with Crippen LogP contribution < -0.4 is 15.4 Å². The number of sulfonamides is 1. The molecule has 4 aliphatic rings. The third kappa shape index (κ3) is 9.05. The first kappa shape index (κ1) is 39.6. The lowest BCUT2D eigenvalue weighted by Crippen LogP contribution is -2.58. The van der Waals surface area contributed by atoms with Gasteiger partial charge in [-0.3, -0.25) is 19.1 Å². The van der Waals surface area contributed by atoms with Crippen molar-refractivity contribution in [2.75, 3.05) is 12.3 Å².